The van der Waals surface area contributed by atoms with E-state index in [9.17, 15) is 0 Å². The zero-order valence-corrected chi connectivity index (χ0v) is 9.97. The summed E-state index contributed by atoms with van der Waals surface area (Å²) >= 11 is 5.97. The molecule has 0 atom stereocenters. The Kier molecular flexibility index (Phi) is 4.17. The van der Waals surface area contributed by atoms with Crippen LogP contribution in [0.3, 0.4) is 0 Å². The standard InChI is InChI=1S/C14H12ClNO/c15-14-9-5-4-8-13(14)10-16-17-11-12-6-2-1-3-7-12/h1-10H,11H2/b16-10+. The summed E-state index contributed by atoms with van der Waals surface area (Å²) in [7, 11) is 0. The first-order valence-corrected chi connectivity index (χ1v) is 5.68. The van der Waals surface area contributed by atoms with E-state index in [1.165, 1.54) is 0 Å². The van der Waals surface area contributed by atoms with Crippen LogP contribution in [-0.4, -0.2) is 6.21 Å². The third-order valence-corrected chi connectivity index (χ3v) is 2.59. The van der Waals surface area contributed by atoms with Crippen LogP contribution in [0.5, 0.6) is 0 Å². The van der Waals surface area contributed by atoms with E-state index in [1.54, 1.807) is 6.21 Å². The third kappa shape index (κ3) is 3.61. The van der Waals surface area contributed by atoms with Gasteiger partial charge in [-0.1, -0.05) is 65.3 Å². The Hall–Kier alpha value is -1.80. The molecule has 0 amide bonds. The van der Waals surface area contributed by atoms with Crippen molar-refractivity contribution in [1.82, 2.24) is 0 Å². The molecule has 86 valence electrons. The minimum absolute atomic E-state index is 0.460. The Balaban J connectivity index is 1.89. The van der Waals surface area contributed by atoms with Crippen molar-refractivity contribution in [2.24, 2.45) is 5.16 Å². The van der Waals surface area contributed by atoms with E-state index in [0.717, 1.165) is 11.1 Å². The fraction of sp³-hybridized carbons (Fsp3) is 0.0714. The summed E-state index contributed by atoms with van der Waals surface area (Å²) in [6.45, 7) is 0.460. The predicted molar refractivity (Wildman–Crippen MR) is 70.3 cm³/mol. The van der Waals surface area contributed by atoms with Crippen LogP contribution < -0.4 is 0 Å². The van der Waals surface area contributed by atoms with Gasteiger partial charge in [0.05, 0.1) is 6.21 Å². The van der Waals surface area contributed by atoms with Crippen LogP contribution in [-0.2, 0) is 11.4 Å². The number of rotatable bonds is 4. The summed E-state index contributed by atoms with van der Waals surface area (Å²) in [5.74, 6) is 0. The quantitative estimate of drug-likeness (QED) is 0.592. The van der Waals surface area contributed by atoms with Crippen LogP contribution >= 0.6 is 11.6 Å². The summed E-state index contributed by atoms with van der Waals surface area (Å²) in [6.07, 6.45) is 1.62. The van der Waals surface area contributed by atoms with Crippen LogP contribution in [0.2, 0.25) is 5.02 Å². The monoisotopic (exact) mass is 245 g/mol. The summed E-state index contributed by atoms with van der Waals surface area (Å²) in [5.41, 5.74) is 1.94. The van der Waals surface area contributed by atoms with Gasteiger partial charge >= 0.3 is 0 Å². The molecule has 0 fully saturated rings. The van der Waals surface area contributed by atoms with Gasteiger partial charge in [-0.25, -0.2) is 0 Å². The molecule has 2 aromatic carbocycles. The molecule has 0 bridgehead atoms. The van der Waals surface area contributed by atoms with Crippen LogP contribution in [0.1, 0.15) is 11.1 Å². The van der Waals surface area contributed by atoms with Crippen molar-refractivity contribution in [3.05, 3.63) is 70.7 Å². The lowest BCUT2D eigenvalue weighted by molar-refractivity contribution is 0.132. The average Bonchev–Trinajstić information content (AvgIpc) is 2.38. The first-order valence-electron chi connectivity index (χ1n) is 5.30. The van der Waals surface area contributed by atoms with Gasteiger partial charge in [0.1, 0.15) is 6.61 Å². The van der Waals surface area contributed by atoms with Gasteiger partial charge in [0, 0.05) is 10.6 Å². The molecule has 0 aromatic heterocycles. The lowest BCUT2D eigenvalue weighted by atomic mass is 10.2. The highest BCUT2D eigenvalue weighted by atomic mass is 35.5. The maximum atomic E-state index is 5.97. The SMILES string of the molecule is Clc1ccccc1/C=N/OCc1ccccc1. The molecule has 0 spiro atoms. The van der Waals surface area contributed by atoms with Gasteiger partial charge in [-0.2, -0.15) is 0 Å². The van der Waals surface area contributed by atoms with Gasteiger partial charge < -0.3 is 4.84 Å². The predicted octanol–water partition coefficient (Wildman–Crippen LogP) is 3.89. The lowest BCUT2D eigenvalue weighted by Crippen LogP contribution is -1.88. The number of hydrogen-bond acceptors (Lipinski definition) is 2. The summed E-state index contributed by atoms with van der Waals surface area (Å²) < 4.78 is 0. The second-order valence-corrected chi connectivity index (χ2v) is 3.92. The molecule has 0 aliphatic carbocycles. The van der Waals surface area contributed by atoms with E-state index in [4.69, 9.17) is 16.4 Å². The molecule has 0 saturated carbocycles. The number of nitrogens with zero attached hydrogens (tertiary/aromatic N) is 1. The summed E-state index contributed by atoms with van der Waals surface area (Å²) in [6, 6.07) is 17.4. The fourth-order valence-electron chi connectivity index (χ4n) is 1.36. The van der Waals surface area contributed by atoms with Gasteiger partial charge in [-0.15, -0.1) is 0 Å². The Morgan fingerprint density at radius 1 is 1.00 bits per heavy atom. The zero-order chi connectivity index (χ0) is 11.9. The van der Waals surface area contributed by atoms with E-state index in [-0.39, 0.29) is 0 Å². The average molecular weight is 246 g/mol. The van der Waals surface area contributed by atoms with Crippen molar-refractivity contribution in [3.63, 3.8) is 0 Å². The van der Waals surface area contributed by atoms with Gasteiger partial charge in [0.2, 0.25) is 0 Å². The van der Waals surface area contributed by atoms with Gasteiger partial charge in [0.15, 0.2) is 0 Å². The Morgan fingerprint density at radius 3 is 2.47 bits per heavy atom. The van der Waals surface area contributed by atoms with Crippen molar-refractivity contribution in [3.8, 4) is 0 Å². The maximum Gasteiger partial charge on any atom is 0.142 e. The molecule has 17 heavy (non-hydrogen) atoms. The van der Waals surface area contributed by atoms with Crippen LogP contribution in [0, 0.1) is 0 Å². The summed E-state index contributed by atoms with van der Waals surface area (Å²) in [5, 5.41) is 4.55. The molecule has 2 nitrogen and oxygen atoms in total. The molecule has 3 heteroatoms. The van der Waals surface area contributed by atoms with Gasteiger partial charge in [0.25, 0.3) is 0 Å². The van der Waals surface area contributed by atoms with Crippen LogP contribution in [0.25, 0.3) is 0 Å². The first kappa shape index (κ1) is 11.7. The number of hydrogen-bond donors (Lipinski definition) is 0. The minimum atomic E-state index is 0.460. The number of oxime groups is 1. The Labute approximate surface area is 105 Å². The maximum absolute atomic E-state index is 5.97. The third-order valence-electron chi connectivity index (χ3n) is 2.25. The van der Waals surface area contributed by atoms with E-state index < -0.39 is 0 Å². The zero-order valence-electron chi connectivity index (χ0n) is 9.21. The topological polar surface area (TPSA) is 21.6 Å². The molecule has 0 aliphatic heterocycles. The molecule has 0 unspecified atom stereocenters. The molecule has 0 saturated heterocycles. The van der Waals surface area contributed by atoms with Crippen molar-refractivity contribution >= 4 is 17.8 Å². The molecule has 0 aliphatic rings. The van der Waals surface area contributed by atoms with Crippen LogP contribution in [0.15, 0.2) is 59.8 Å². The highest BCUT2D eigenvalue weighted by molar-refractivity contribution is 6.33. The number of benzene rings is 2. The Morgan fingerprint density at radius 2 is 1.71 bits per heavy atom. The highest BCUT2D eigenvalue weighted by Gasteiger charge is 1.94. The van der Waals surface area contributed by atoms with Gasteiger partial charge in [-0.05, 0) is 11.6 Å². The molecular weight excluding hydrogens is 234 g/mol. The largest absolute Gasteiger partial charge is 0.391 e. The second-order valence-electron chi connectivity index (χ2n) is 3.52. The van der Waals surface area contributed by atoms with Crippen molar-refractivity contribution in [2.45, 2.75) is 6.61 Å². The highest BCUT2D eigenvalue weighted by Crippen LogP contribution is 2.12. The summed E-state index contributed by atoms with van der Waals surface area (Å²) in [4.78, 5) is 5.19. The van der Waals surface area contributed by atoms with Crippen molar-refractivity contribution < 1.29 is 4.84 Å². The van der Waals surface area contributed by atoms with Gasteiger partial charge in [-0.3, -0.25) is 0 Å². The smallest absolute Gasteiger partial charge is 0.142 e. The Bertz CT molecular complexity index is 497. The van der Waals surface area contributed by atoms with E-state index in [0.29, 0.717) is 11.6 Å². The van der Waals surface area contributed by atoms with Crippen molar-refractivity contribution in [2.75, 3.05) is 0 Å². The lowest BCUT2D eigenvalue weighted by Gasteiger charge is -1.99. The molecule has 2 rings (SSSR count). The van der Waals surface area contributed by atoms with E-state index in [2.05, 4.69) is 5.16 Å². The van der Waals surface area contributed by atoms with Crippen LogP contribution in [0.4, 0.5) is 0 Å². The fourth-order valence-corrected chi connectivity index (χ4v) is 1.54. The first-order chi connectivity index (χ1) is 8.36. The molecular formula is C14H12ClNO. The molecule has 2 aromatic rings. The van der Waals surface area contributed by atoms with E-state index >= 15 is 0 Å². The minimum Gasteiger partial charge on any atom is -0.391 e. The van der Waals surface area contributed by atoms with Crippen molar-refractivity contribution in [1.29, 1.82) is 0 Å². The second kappa shape index (κ2) is 6.06. The molecule has 0 N–H and O–H groups in total. The number of halogens is 1. The molecule has 0 heterocycles. The van der Waals surface area contributed by atoms with E-state index in [1.807, 2.05) is 54.6 Å². The normalized spacial score (nSPS) is 10.6. The molecule has 0 radical (unpaired) electrons.